The normalized spacial score (nSPS) is 12.1. The van der Waals surface area contributed by atoms with Crippen molar-refractivity contribution in [3.05, 3.63) is 89.2 Å². The number of aryl methyl sites for hydroxylation is 2. The van der Waals surface area contributed by atoms with E-state index in [1.807, 2.05) is 73.0 Å². The lowest BCUT2D eigenvalue weighted by molar-refractivity contribution is -0.120. The van der Waals surface area contributed by atoms with E-state index in [0.29, 0.717) is 13.0 Å². The van der Waals surface area contributed by atoms with E-state index >= 15 is 0 Å². The summed E-state index contributed by atoms with van der Waals surface area (Å²) in [6.07, 6.45) is 0.294. The van der Waals surface area contributed by atoms with Gasteiger partial charge in [0, 0.05) is 35.1 Å². The molecule has 2 heterocycles. The third-order valence-corrected chi connectivity index (χ3v) is 5.54. The Kier molecular flexibility index (Phi) is 5.61. The highest BCUT2D eigenvalue weighted by atomic mass is 16.1. The van der Waals surface area contributed by atoms with Crippen LogP contribution in [-0.2, 0) is 11.2 Å². The molecule has 0 saturated heterocycles. The molecule has 0 radical (unpaired) electrons. The fraction of sp³-hybridized carbons (Fsp3) is 0.240. The largest absolute Gasteiger partial charge is 0.355 e. The van der Waals surface area contributed by atoms with Gasteiger partial charge in [0.2, 0.25) is 5.91 Å². The number of benzene rings is 2. The van der Waals surface area contributed by atoms with Crippen molar-refractivity contribution < 1.29 is 4.79 Å². The van der Waals surface area contributed by atoms with Gasteiger partial charge in [0.1, 0.15) is 0 Å². The van der Waals surface area contributed by atoms with Crippen molar-refractivity contribution in [2.75, 3.05) is 6.54 Å². The maximum absolute atomic E-state index is 12.6. The number of carbonyl (C=O) groups excluding carboxylic acids is 1. The van der Waals surface area contributed by atoms with Gasteiger partial charge in [0.05, 0.1) is 12.1 Å². The zero-order chi connectivity index (χ0) is 21.1. The minimum atomic E-state index is 0.000528. The van der Waals surface area contributed by atoms with E-state index in [9.17, 15) is 4.79 Å². The first-order valence-corrected chi connectivity index (χ1v) is 10.3. The molecule has 2 aromatic carbocycles. The Hall–Kier alpha value is -3.47. The smallest absolute Gasteiger partial charge is 0.224 e. The predicted molar refractivity (Wildman–Crippen MR) is 119 cm³/mol. The summed E-state index contributed by atoms with van der Waals surface area (Å²) in [5.74, 6) is 0.262. The van der Waals surface area contributed by atoms with E-state index in [-0.39, 0.29) is 11.8 Å². The van der Waals surface area contributed by atoms with Crippen LogP contribution in [0.5, 0.6) is 0 Å². The Morgan fingerprint density at radius 2 is 1.70 bits per heavy atom. The van der Waals surface area contributed by atoms with Crippen LogP contribution in [0.3, 0.4) is 0 Å². The number of amides is 1. The minimum Gasteiger partial charge on any atom is -0.355 e. The van der Waals surface area contributed by atoms with Crippen LogP contribution < -0.4 is 5.32 Å². The Morgan fingerprint density at radius 1 is 1.03 bits per heavy atom. The average Bonchev–Trinajstić information content (AvgIpc) is 3.20. The van der Waals surface area contributed by atoms with Gasteiger partial charge in [-0.25, -0.2) is 9.50 Å². The highest BCUT2D eigenvalue weighted by Crippen LogP contribution is 2.22. The van der Waals surface area contributed by atoms with Crippen LogP contribution in [0.15, 0.2) is 66.7 Å². The summed E-state index contributed by atoms with van der Waals surface area (Å²) in [6.45, 7) is 6.68. The molecule has 0 saturated carbocycles. The van der Waals surface area contributed by atoms with Crippen molar-refractivity contribution >= 4 is 11.6 Å². The van der Waals surface area contributed by atoms with E-state index < -0.39 is 0 Å². The summed E-state index contributed by atoms with van der Waals surface area (Å²) in [7, 11) is 0. The van der Waals surface area contributed by atoms with Gasteiger partial charge in [0.25, 0.3) is 0 Å². The number of hydrogen-bond donors (Lipinski definition) is 1. The van der Waals surface area contributed by atoms with Crippen molar-refractivity contribution in [2.45, 2.75) is 33.1 Å². The van der Waals surface area contributed by atoms with E-state index in [1.54, 1.807) is 0 Å². The number of carbonyl (C=O) groups is 1. The van der Waals surface area contributed by atoms with Gasteiger partial charge in [-0.15, -0.1) is 0 Å². The van der Waals surface area contributed by atoms with Crippen LogP contribution >= 0.6 is 0 Å². The van der Waals surface area contributed by atoms with Crippen molar-refractivity contribution in [1.29, 1.82) is 0 Å². The van der Waals surface area contributed by atoms with E-state index in [4.69, 9.17) is 10.1 Å². The molecule has 2 aromatic heterocycles. The van der Waals surface area contributed by atoms with Crippen molar-refractivity contribution in [1.82, 2.24) is 19.9 Å². The highest BCUT2D eigenvalue weighted by Gasteiger charge is 2.16. The van der Waals surface area contributed by atoms with E-state index in [0.717, 1.165) is 33.9 Å². The topological polar surface area (TPSA) is 59.3 Å². The lowest BCUT2D eigenvalue weighted by Gasteiger charge is -2.14. The summed E-state index contributed by atoms with van der Waals surface area (Å²) in [5.41, 5.74) is 6.69. The first-order chi connectivity index (χ1) is 14.5. The number of hydrogen-bond acceptors (Lipinski definition) is 3. The third-order valence-electron chi connectivity index (χ3n) is 5.54. The van der Waals surface area contributed by atoms with E-state index in [1.165, 1.54) is 5.56 Å². The van der Waals surface area contributed by atoms with Crippen LogP contribution in [0.2, 0.25) is 0 Å². The summed E-state index contributed by atoms with van der Waals surface area (Å²) in [4.78, 5) is 17.3. The molecule has 4 aromatic rings. The Morgan fingerprint density at radius 3 is 2.40 bits per heavy atom. The molecule has 0 aliphatic rings. The van der Waals surface area contributed by atoms with Crippen molar-refractivity contribution in [3.8, 4) is 11.3 Å². The van der Waals surface area contributed by atoms with E-state index in [2.05, 4.69) is 24.4 Å². The lowest BCUT2D eigenvalue weighted by atomic mass is 10.0. The van der Waals surface area contributed by atoms with Gasteiger partial charge < -0.3 is 5.32 Å². The molecule has 0 aliphatic heterocycles. The second-order valence-corrected chi connectivity index (χ2v) is 7.72. The van der Waals surface area contributed by atoms with Gasteiger partial charge >= 0.3 is 0 Å². The molecule has 0 bridgehead atoms. The molecule has 1 N–H and O–H groups in total. The maximum Gasteiger partial charge on any atom is 0.224 e. The van der Waals surface area contributed by atoms with Gasteiger partial charge in [0.15, 0.2) is 5.65 Å². The average molecular weight is 399 g/mol. The predicted octanol–water partition coefficient (Wildman–Crippen LogP) is 4.48. The molecule has 1 atom stereocenters. The zero-order valence-corrected chi connectivity index (χ0v) is 17.6. The molecule has 152 valence electrons. The maximum atomic E-state index is 12.6. The third kappa shape index (κ3) is 4.10. The molecule has 5 nitrogen and oxygen atoms in total. The van der Waals surface area contributed by atoms with Crippen molar-refractivity contribution in [3.63, 3.8) is 0 Å². The summed E-state index contributed by atoms with van der Waals surface area (Å²) in [6, 6.07) is 22.3. The lowest BCUT2D eigenvalue weighted by Crippen LogP contribution is -2.29. The number of aromatic nitrogens is 3. The minimum absolute atomic E-state index is 0.000528. The molecule has 1 unspecified atom stereocenters. The second-order valence-electron chi connectivity index (χ2n) is 7.72. The summed E-state index contributed by atoms with van der Waals surface area (Å²) in [5, 5.41) is 7.79. The van der Waals surface area contributed by atoms with Gasteiger partial charge in [-0.3, -0.25) is 4.79 Å². The number of rotatable bonds is 6. The van der Waals surface area contributed by atoms with Crippen LogP contribution in [0.25, 0.3) is 16.9 Å². The Balaban J connectivity index is 1.51. The number of nitrogens with zero attached hydrogens (tertiary/aromatic N) is 3. The molecule has 1 amide bonds. The van der Waals surface area contributed by atoms with Crippen LogP contribution in [-0.4, -0.2) is 27.0 Å². The molecule has 0 fully saturated rings. The van der Waals surface area contributed by atoms with Gasteiger partial charge in [-0.1, -0.05) is 67.6 Å². The SMILES string of the molecule is Cc1nc2cc(-c3ccccc3)nn2c(C)c1CC(=O)NCC(C)c1ccccc1. The fourth-order valence-electron chi connectivity index (χ4n) is 3.72. The molecule has 0 spiro atoms. The fourth-order valence-corrected chi connectivity index (χ4v) is 3.72. The second kappa shape index (κ2) is 8.49. The monoisotopic (exact) mass is 398 g/mol. The number of nitrogens with one attached hydrogen (secondary N) is 1. The van der Waals surface area contributed by atoms with Crippen LogP contribution in [0.1, 0.15) is 35.4 Å². The molecular weight excluding hydrogens is 372 g/mol. The highest BCUT2D eigenvalue weighted by molar-refractivity contribution is 5.79. The van der Waals surface area contributed by atoms with Crippen LogP contribution in [0, 0.1) is 13.8 Å². The van der Waals surface area contributed by atoms with Crippen molar-refractivity contribution in [2.24, 2.45) is 0 Å². The standard InChI is InChI=1S/C25H26N4O/c1-17(20-10-6-4-7-11-20)16-26-25(30)14-22-18(2)27-24-15-23(28-29(24)19(22)3)21-12-8-5-9-13-21/h4-13,15,17H,14,16H2,1-3H3,(H,26,30). The molecule has 0 aliphatic carbocycles. The van der Waals surface area contributed by atoms with Gasteiger partial charge in [-0.2, -0.15) is 5.10 Å². The first kappa shape index (κ1) is 19.8. The van der Waals surface area contributed by atoms with Gasteiger partial charge in [-0.05, 0) is 25.3 Å². The molecule has 5 heteroatoms. The Bertz CT molecular complexity index is 1170. The molecule has 4 rings (SSSR count). The number of fused-ring (bicyclic) bond motifs is 1. The Labute approximate surface area is 176 Å². The first-order valence-electron chi connectivity index (χ1n) is 10.3. The molecular formula is C25H26N4O. The summed E-state index contributed by atoms with van der Waals surface area (Å²) < 4.78 is 1.84. The molecule has 30 heavy (non-hydrogen) atoms. The summed E-state index contributed by atoms with van der Waals surface area (Å²) >= 11 is 0. The zero-order valence-electron chi connectivity index (χ0n) is 17.6. The van der Waals surface area contributed by atoms with Crippen LogP contribution in [0.4, 0.5) is 0 Å². The quantitative estimate of drug-likeness (QED) is 0.521.